The number of fused-ring (bicyclic) bond motifs is 2. The molecule has 0 unspecified atom stereocenters. The molecule has 2 heterocycles. The molecule has 2 aromatic carbocycles. The Morgan fingerprint density at radius 1 is 1.06 bits per heavy atom. The zero-order chi connectivity index (χ0) is 22.8. The first-order valence-electron chi connectivity index (χ1n) is 11.0. The molecular formula is C26H23ClN2O4. The SMILES string of the molecule is O=C(OCC(=O)N1CCOCC1)c1c2c(nc3ccccc13)/C(=C/c1ccc(Cl)cc1)CC2. The lowest BCUT2D eigenvalue weighted by Gasteiger charge is -2.26. The molecule has 0 atom stereocenters. The smallest absolute Gasteiger partial charge is 0.339 e. The van der Waals surface area contributed by atoms with Gasteiger partial charge in [0.05, 0.1) is 30.0 Å². The number of pyridine rings is 1. The molecule has 1 saturated heterocycles. The molecule has 5 rings (SSSR count). The third-order valence-electron chi connectivity index (χ3n) is 6.05. The van der Waals surface area contributed by atoms with E-state index in [2.05, 4.69) is 6.08 Å². The van der Waals surface area contributed by atoms with Crippen LogP contribution in [0.5, 0.6) is 0 Å². The van der Waals surface area contributed by atoms with Crippen LogP contribution in [0.4, 0.5) is 0 Å². The fourth-order valence-corrected chi connectivity index (χ4v) is 4.50. The quantitative estimate of drug-likeness (QED) is 0.538. The van der Waals surface area contributed by atoms with E-state index in [0.717, 1.165) is 39.7 Å². The summed E-state index contributed by atoms with van der Waals surface area (Å²) in [6.45, 7) is 1.76. The van der Waals surface area contributed by atoms with Crippen molar-refractivity contribution < 1.29 is 19.1 Å². The molecule has 0 saturated carbocycles. The summed E-state index contributed by atoms with van der Waals surface area (Å²) < 4.78 is 10.8. The molecule has 0 radical (unpaired) electrons. The van der Waals surface area contributed by atoms with Crippen LogP contribution in [0.15, 0.2) is 48.5 Å². The van der Waals surface area contributed by atoms with Gasteiger partial charge in [0.1, 0.15) is 0 Å². The highest BCUT2D eigenvalue weighted by Gasteiger charge is 2.28. The van der Waals surface area contributed by atoms with Gasteiger partial charge < -0.3 is 14.4 Å². The number of ether oxygens (including phenoxy) is 2. The Balaban J connectivity index is 1.46. The number of aromatic nitrogens is 1. The first-order chi connectivity index (χ1) is 16.1. The molecule has 1 fully saturated rings. The summed E-state index contributed by atoms with van der Waals surface area (Å²) in [7, 11) is 0. The second-order valence-electron chi connectivity index (χ2n) is 8.12. The minimum atomic E-state index is -0.487. The number of benzene rings is 2. The molecule has 6 nitrogen and oxygen atoms in total. The van der Waals surface area contributed by atoms with Gasteiger partial charge in [-0.2, -0.15) is 0 Å². The molecule has 3 aromatic rings. The Morgan fingerprint density at radius 2 is 1.82 bits per heavy atom. The summed E-state index contributed by atoms with van der Waals surface area (Å²) in [6.07, 6.45) is 3.55. The number of allylic oxidation sites excluding steroid dienone is 1. The van der Waals surface area contributed by atoms with Gasteiger partial charge in [-0.15, -0.1) is 0 Å². The van der Waals surface area contributed by atoms with E-state index < -0.39 is 5.97 Å². The van der Waals surface area contributed by atoms with Crippen LogP contribution in [-0.4, -0.2) is 54.7 Å². The Morgan fingerprint density at radius 3 is 2.61 bits per heavy atom. The van der Waals surface area contributed by atoms with E-state index in [4.69, 9.17) is 26.1 Å². The third kappa shape index (κ3) is 4.49. The van der Waals surface area contributed by atoms with Crippen molar-refractivity contribution in [3.8, 4) is 0 Å². The predicted octanol–water partition coefficient (Wildman–Crippen LogP) is 4.39. The van der Waals surface area contributed by atoms with Crippen LogP contribution in [0.2, 0.25) is 5.02 Å². The van der Waals surface area contributed by atoms with Gasteiger partial charge in [-0.05, 0) is 53.8 Å². The second-order valence-corrected chi connectivity index (χ2v) is 8.56. The lowest BCUT2D eigenvalue weighted by Crippen LogP contribution is -2.42. The van der Waals surface area contributed by atoms with Gasteiger partial charge in [-0.1, -0.05) is 41.9 Å². The van der Waals surface area contributed by atoms with Gasteiger partial charge in [-0.3, -0.25) is 4.79 Å². The van der Waals surface area contributed by atoms with Gasteiger partial charge in [-0.25, -0.2) is 9.78 Å². The molecule has 1 aliphatic heterocycles. The van der Waals surface area contributed by atoms with Crippen LogP contribution < -0.4 is 0 Å². The monoisotopic (exact) mass is 462 g/mol. The molecule has 2 aliphatic rings. The summed E-state index contributed by atoms with van der Waals surface area (Å²) in [5, 5.41) is 1.43. The van der Waals surface area contributed by atoms with Crippen molar-refractivity contribution in [2.75, 3.05) is 32.9 Å². The van der Waals surface area contributed by atoms with Gasteiger partial charge >= 0.3 is 5.97 Å². The molecule has 1 aromatic heterocycles. The number of para-hydroxylation sites is 1. The molecule has 0 bridgehead atoms. The zero-order valence-electron chi connectivity index (χ0n) is 18.1. The largest absolute Gasteiger partial charge is 0.452 e. The maximum absolute atomic E-state index is 13.2. The second kappa shape index (κ2) is 9.33. The minimum absolute atomic E-state index is 0.204. The van der Waals surface area contributed by atoms with Gasteiger partial charge in [0, 0.05) is 23.5 Å². The Kier molecular flexibility index (Phi) is 6.11. The first-order valence-corrected chi connectivity index (χ1v) is 11.4. The lowest BCUT2D eigenvalue weighted by molar-refractivity contribution is -0.138. The van der Waals surface area contributed by atoms with Crippen molar-refractivity contribution in [3.05, 3.63) is 75.9 Å². The fraction of sp³-hybridized carbons (Fsp3) is 0.269. The van der Waals surface area contributed by atoms with Gasteiger partial charge in [0.25, 0.3) is 5.91 Å². The van der Waals surface area contributed by atoms with Crippen molar-refractivity contribution in [2.24, 2.45) is 0 Å². The van der Waals surface area contributed by atoms with Crippen LogP contribution in [0.25, 0.3) is 22.6 Å². The Hall–Kier alpha value is -3.22. The van der Waals surface area contributed by atoms with Crippen molar-refractivity contribution in [3.63, 3.8) is 0 Å². The molecule has 168 valence electrons. The van der Waals surface area contributed by atoms with Crippen molar-refractivity contribution in [2.45, 2.75) is 12.8 Å². The molecule has 0 spiro atoms. The molecule has 33 heavy (non-hydrogen) atoms. The van der Waals surface area contributed by atoms with Crippen LogP contribution in [0.3, 0.4) is 0 Å². The molecular weight excluding hydrogens is 440 g/mol. The summed E-state index contributed by atoms with van der Waals surface area (Å²) >= 11 is 6.01. The van der Waals surface area contributed by atoms with E-state index in [1.165, 1.54) is 0 Å². The maximum atomic E-state index is 13.2. The highest BCUT2D eigenvalue weighted by Crippen LogP contribution is 2.37. The Bertz CT molecular complexity index is 1250. The number of halogens is 1. The number of carbonyl (C=O) groups is 2. The summed E-state index contributed by atoms with van der Waals surface area (Å²) in [6, 6.07) is 15.2. The number of carbonyl (C=O) groups excluding carboxylic acids is 2. The van der Waals surface area contributed by atoms with E-state index in [9.17, 15) is 9.59 Å². The average molecular weight is 463 g/mol. The zero-order valence-corrected chi connectivity index (χ0v) is 18.8. The van der Waals surface area contributed by atoms with E-state index in [1.807, 2.05) is 48.5 Å². The summed E-state index contributed by atoms with van der Waals surface area (Å²) in [4.78, 5) is 32.2. The maximum Gasteiger partial charge on any atom is 0.339 e. The number of hydrogen-bond acceptors (Lipinski definition) is 5. The highest BCUT2D eigenvalue weighted by atomic mass is 35.5. The van der Waals surface area contributed by atoms with Crippen LogP contribution >= 0.6 is 11.6 Å². The minimum Gasteiger partial charge on any atom is -0.452 e. The molecule has 1 aliphatic carbocycles. The van der Waals surface area contributed by atoms with Crippen LogP contribution in [-0.2, 0) is 20.7 Å². The third-order valence-corrected chi connectivity index (χ3v) is 6.30. The summed E-state index contributed by atoms with van der Waals surface area (Å²) in [5.41, 5.74) is 5.01. The topological polar surface area (TPSA) is 68.7 Å². The fourth-order valence-electron chi connectivity index (χ4n) is 4.38. The van der Waals surface area contributed by atoms with Crippen molar-refractivity contribution in [1.29, 1.82) is 0 Å². The number of amides is 1. The number of rotatable bonds is 4. The van der Waals surface area contributed by atoms with Crippen LogP contribution in [0.1, 0.15) is 33.6 Å². The van der Waals surface area contributed by atoms with Crippen molar-refractivity contribution in [1.82, 2.24) is 9.88 Å². The first kappa shape index (κ1) is 21.6. The predicted molar refractivity (Wildman–Crippen MR) is 127 cm³/mol. The molecule has 7 heteroatoms. The van der Waals surface area contributed by atoms with E-state index in [1.54, 1.807) is 4.90 Å². The number of nitrogens with zero attached hydrogens (tertiary/aromatic N) is 2. The van der Waals surface area contributed by atoms with Gasteiger partial charge in [0.2, 0.25) is 0 Å². The lowest BCUT2D eigenvalue weighted by atomic mass is 10.0. The van der Waals surface area contributed by atoms with Crippen LogP contribution in [0, 0.1) is 0 Å². The number of esters is 1. The van der Waals surface area contributed by atoms with E-state index in [-0.39, 0.29) is 12.5 Å². The van der Waals surface area contributed by atoms with E-state index in [0.29, 0.717) is 43.3 Å². The normalized spacial score (nSPS) is 16.8. The van der Waals surface area contributed by atoms with Gasteiger partial charge in [0.15, 0.2) is 6.61 Å². The number of morpholine rings is 1. The Labute approximate surface area is 196 Å². The van der Waals surface area contributed by atoms with E-state index >= 15 is 0 Å². The highest BCUT2D eigenvalue weighted by molar-refractivity contribution is 6.30. The van der Waals surface area contributed by atoms with Crippen molar-refractivity contribution >= 4 is 46.0 Å². The molecule has 1 amide bonds. The summed E-state index contributed by atoms with van der Waals surface area (Å²) in [5.74, 6) is -0.691. The number of hydrogen-bond donors (Lipinski definition) is 0. The molecule has 0 N–H and O–H groups in total. The standard InChI is InChI=1S/C26H23ClN2O4/c27-19-8-5-17(6-9-19)15-18-7-10-21-24(20-3-1-2-4-22(20)28-25(18)21)26(31)33-16-23(30)29-11-13-32-14-12-29/h1-6,8-9,15H,7,10-14,16H2/b18-15+. The average Bonchev–Trinajstić information content (AvgIpc) is 3.24.